The van der Waals surface area contributed by atoms with E-state index in [1.807, 2.05) is 0 Å². The molecular weight excluding hydrogens is 270 g/mol. The molecular formula is C16H23NS2. The molecule has 1 heterocycles. The van der Waals surface area contributed by atoms with Crippen LogP contribution in [-0.4, -0.2) is 23.3 Å². The number of hydrogen-bond donors (Lipinski definition) is 1. The third-order valence-electron chi connectivity index (χ3n) is 4.37. The zero-order valence-corrected chi connectivity index (χ0v) is 13.2. The van der Waals surface area contributed by atoms with Gasteiger partial charge in [0.15, 0.2) is 0 Å². The topological polar surface area (TPSA) is 12.0 Å². The van der Waals surface area contributed by atoms with Crippen molar-refractivity contribution in [1.29, 1.82) is 0 Å². The normalized spacial score (nSPS) is 30.9. The summed E-state index contributed by atoms with van der Waals surface area (Å²) in [6, 6.07) is 10.3. The van der Waals surface area contributed by atoms with Crippen molar-refractivity contribution in [3.63, 3.8) is 0 Å². The molecule has 19 heavy (non-hydrogen) atoms. The van der Waals surface area contributed by atoms with Gasteiger partial charge < -0.3 is 5.32 Å². The maximum absolute atomic E-state index is 3.94. The highest BCUT2D eigenvalue weighted by atomic mass is 32.2. The lowest BCUT2D eigenvalue weighted by Crippen LogP contribution is -2.39. The smallest absolute Gasteiger partial charge is 0.0417 e. The standard InChI is InChI=1S/C16H23NS2/c1-18-14-7-4-6-13(9-14)17-16-11-19-10-12-5-2-3-8-15(12)16/h2-3,5,8,13-14,16-17H,4,6-7,9-11H2,1H3. The van der Waals surface area contributed by atoms with Gasteiger partial charge in [-0.3, -0.25) is 0 Å². The van der Waals surface area contributed by atoms with E-state index >= 15 is 0 Å². The second-order valence-electron chi connectivity index (χ2n) is 5.65. The van der Waals surface area contributed by atoms with E-state index in [0.717, 1.165) is 11.3 Å². The monoisotopic (exact) mass is 293 g/mol. The highest BCUT2D eigenvalue weighted by Gasteiger charge is 2.26. The van der Waals surface area contributed by atoms with Gasteiger partial charge in [0.05, 0.1) is 0 Å². The van der Waals surface area contributed by atoms with E-state index in [1.165, 1.54) is 42.8 Å². The van der Waals surface area contributed by atoms with Gasteiger partial charge in [0.1, 0.15) is 0 Å². The molecule has 1 aliphatic carbocycles. The van der Waals surface area contributed by atoms with Crippen molar-refractivity contribution in [3.8, 4) is 0 Å². The van der Waals surface area contributed by atoms with E-state index in [2.05, 4.69) is 59.4 Å². The third-order valence-corrected chi connectivity index (χ3v) is 6.55. The Balaban J connectivity index is 1.67. The van der Waals surface area contributed by atoms with Crippen LogP contribution in [0.2, 0.25) is 0 Å². The molecule has 0 radical (unpaired) electrons. The molecule has 3 unspecified atom stereocenters. The molecule has 1 fully saturated rings. The summed E-state index contributed by atoms with van der Waals surface area (Å²) < 4.78 is 0. The summed E-state index contributed by atoms with van der Waals surface area (Å²) >= 11 is 4.13. The molecule has 1 N–H and O–H groups in total. The molecule has 0 bridgehead atoms. The van der Waals surface area contributed by atoms with Crippen molar-refractivity contribution < 1.29 is 0 Å². The average Bonchev–Trinajstić information content (AvgIpc) is 2.48. The molecule has 1 aliphatic heterocycles. The van der Waals surface area contributed by atoms with Gasteiger partial charge in [-0.15, -0.1) is 0 Å². The Morgan fingerprint density at radius 2 is 2.16 bits per heavy atom. The first-order chi connectivity index (χ1) is 9.36. The molecule has 0 saturated heterocycles. The van der Waals surface area contributed by atoms with Crippen molar-refractivity contribution in [1.82, 2.24) is 5.32 Å². The van der Waals surface area contributed by atoms with E-state index in [0.29, 0.717) is 6.04 Å². The van der Waals surface area contributed by atoms with Crippen LogP contribution >= 0.6 is 23.5 Å². The van der Waals surface area contributed by atoms with Crippen LogP contribution in [0.1, 0.15) is 42.9 Å². The van der Waals surface area contributed by atoms with Gasteiger partial charge >= 0.3 is 0 Å². The van der Waals surface area contributed by atoms with Crippen LogP contribution in [0.25, 0.3) is 0 Å². The molecule has 0 aromatic heterocycles. The third kappa shape index (κ3) is 3.32. The molecule has 1 aromatic rings. The summed E-state index contributed by atoms with van der Waals surface area (Å²) in [7, 11) is 0. The minimum absolute atomic E-state index is 0.570. The maximum Gasteiger partial charge on any atom is 0.0417 e. The minimum atomic E-state index is 0.570. The molecule has 3 rings (SSSR count). The van der Waals surface area contributed by atoms with E-state index < -0.39 is 0 Å². The second-order valence-corrected chi connectivity index (χ2v) is 7.82. The van der Waals surface area contributed by atoms with E-state index in [9.17, 15) is 0 Å². The van der Waals surface area contributed by atoms with Gasteiger partial charge in [-0.25, -0.2) is 0 Å². The summed E-state index contributed by atoms with van der Waals surface area (Å²) in [6.45, 7) is 0. The Bertz CT molecular complexity index is 421. The maximum atomic E-state index is 3.94. The average molecular weight is 294 g/mol. The van der Waals surface area contributed by atoms with Crippen molar-refractivity contribution in [2.45, 2.75) is 48.8 Å². The number of rotatable bonds is 3. The van der Waals surface area contributed by atoms with Crippen molar-refractivity contribution in [2.24, 2.45) is 0 Å². The molecule has 1 nitrogen and oxygen atoms in total. The van der Waals surface area contributed by atoms with Crippen LogP contribution in [0, 0.1) is 0 Å². The van der Waals surface area contributed by atoms with Crippen LogP contribution in [0.4, 0.5) is 0 Å². The Labute approximate surface area is 125 Å². The Morgan fingerprint density at radius 3 is 3.05 bits per heavy atom. The molecule has 2 aliphatic rings. The Morgan fingerprint density at radius 1 is 1.26 bits per heavy atom. The largest absolute Gasteiger partial charge is 0.306 e. The molecule has 1 aromatic carbocycles. The van der Waals surface area contributed by atoms with Crippen LogP contribution in [0.15, 0.2) is 24.3 Å². The van der Waals surface area contributed by atoms with Crippen LogP contribution in [0.3, 0.4) is 0 Å². The van der Waals surface area contributed by atoms with Gasteiger partial charge in [-0.2, -0.15) is 23.5 Å². The highest BCUT2D eigenvalue weighted by molar-refractivity contribution is 7.99. The van der Waals surface area contributed by atoms with Crippen molar-refractivity contribution >= 4 is 23.5 Å². The van der Waals surface area contributed by atoms with Crippen molar-refractivity contribution in [2.75, 3.05) is 12.0 Å². The van der Waals surface area contributed by atoms with Gasteiger partial charge in [0.25, 0.3) is 0 Å². The van der Waals surface area contributed by atoms with Crippen LogP contribution < -0.4 is 5.32 Å². The molecule has 0 amide bonds. The van der Waals surface area contributed by atoms with Crippen LogP contribution in [0.5, 0.6) is 0 Å². The molecule has 104 valence electrons. The minimum Gasteiger partial charge on any atom is -0.306 e. The molecule has 3 heteroatoms. The number of benzene rings is 1. The van der Waals surface area contributed by atoms with E-state index in [1.54, 1.807) is 5.56 Å². The van der Waals surface area contributed by atoms with Crippen LogP contribution in [-0.2, 0) is 5.75 Å². The zero-order valence-electron chi connectivity index (χ0n) is 11.6. The predicted octanol–water partition coefficient (Wildman–Crippen LogP) is 4.24. The fraction of sp³-hybridized carbons (Fsp3) is 0.625. The Kier molecular flexibility index (Phi) is 4.78. The summed E-state index contributed by atoms with van der Waals surface area (Å²) in [5.74, 6) is 2.42. The molecule has 3 atom stereocenters. The quantitative estimate of drug-likeness (QED) is 0.895. The first-order valence-corrected chi connectivity index (χ1v) is 9.75. The lowest BCUT2D eigenvalue weighted by molar-refractivity contribution is 0.354. The molecule has 1 saturated carbocycles. The summed E-state index contributed by atoms with van der Waals surface area (Å²) in [4.78, 5) is 0. The number of thioether (sulfide) groups is 2. The fourth-order valence-corrected chi connectivity index (χ4v) is 5.25. The van der Waals surface area contributed by atoms with Gasteiger partial charge in [-0.1, -0.05) is 30.7 Å². The molecule has 0 spiro atoms. The predicted molar refractivity (Wildman–Crippen MR) is 88.0 cm³/mol. The lowest BCUT2D eigenvalue weighted by Gasteiger charge is -2.34. The van der Waals surface area contributed by atoms with Gasteiger partial charge in [0.2, 0.25) is 0 Å². The van der Waals surface area contributed by atoms with Gasteiger partial charge in [-0.05, 0) is 36.6 Å². The number of hydrogen-bond acceptors (Lipinski definition) is 3. The highest BCUT2D eigenvalue weighted by Crippen LogP contribution is 2.34. The SMILES string of the molecule is CSC1CCCC(NC2CSCc3ccccc32)C1. The second kappa shape index (κ2) is 6.55. The summed E-state index contributed by atoms with van der Waals surface area (Å²) in [5, 5.41) is 4.82. The Hall–Kier alpha value is -0.120. The summed E-state index contributed by atoms with van der Waals surface area (Å²) in [5.41, 5.74) is 3.08. The first kappa shape index (κ1) is 13.8. The number of nitrogens with one attached hydrogen (secondary N) is 1. The fourth-order valence-electron chi connectivity index (χ4n) is 3.31. The first-order valence-electron chi connectivity index (χ1n) is 7.31. The van der Waals surface area contributed by atoms with Crippen molar-refractivity contribution in [3.05, 3.63) is 35.4 Å². The van der Waals surface area contributed by atoms with E-state index in [-0.39, 0.29) is 0 Å². The van der Waals surface area contributed by atoms with Gasteiger partial charge in [0, 0.05) is 28.8 Å². The summed E-state index contributed by atoms with van der Waals surface area (Å²) in [6.07, 6.45) is 7.78. The number of fused-ring (bicyclic) bond motifs is 1. The lowest BCUT2D eigenvalue weighted by atomic mass is 9.93. The zero-order chi connectivity index (χ0) is 13.1. The van der Waals surface area contributed by atoms with E-state index in [4.69, 9.17) is 0 Å².